The molecule has 0 saturated heterocycles. The number of hydrogen-bond donors (Lipinski definition) is 1. The predicted octanol–water partition coefficient (Wildman–Crippen LogP) is 3.75. The zero-order valence-corrected chi connectivity index (χ0v) is 9.67. The number of benzene rings is 1. The zero-order valence-electron chi connectivity index (χ0n) is 9.67. The molecule has 94 valence electrons. The van der Waals surface area contributed by atoms with Crippen molar-refractivity contribution < 1.29 is 13.2 Å². The SMILES string of the molecule is CC(C1CC1)C(N)c1cccc(C(F)(F)F)c1. The monoisotopic (exact) mass is 243 g/mol. The van der Waals surface area contributed by atoms with E-state index in [-0.39, 0.29) is 12.0 Å². The Morgan fingerprint density at radius 3 is 2.47 bits per heavy atom. The summed E-state index contributed by atoms with van der Waals surface area (Å²) in [5.74, 6) is 0.832. The van der Waals surface area contributed by atoms with Crippen molar-refractivity contribution in [2.45, 2.75) is 32.0 Å². The molecule has 0 radical (unpaired) electrons. The minimum atomic E-state index is -4.29. The van der Waals surface area contributed by atoms with Gasteiger partial charge in [0, 0.05) is 6.04 Å². The van der Waals surface area contributed by atoms with Gasteiger partial charge in [-0.25, -0.2) is 0 Å². The van der Waals surface area contributed by atoms with Crippen molar-refractivity contribution in [2.75, 3.05) is 0 Å². The molecular weight excluding hydrogens is 227 g/mol. The highest BCUT2D eigenvalue weighted by Gasteiger charge is 2.34. The van der Waals surface area contributed by atoms with Crippen LogP contribution in [0.1, 0.15) is 36.9 Å². The van der Waals surface area contributed by atoms with E-state index in [1.54, 1.807) is 6.07 Å². The molecule has 2 N–H and O–H groups in total. The van der Waals surface area contributed by atoms with Crippen molar-refractivity contribution in [2.24, 2.45) is 17.6 Å². The third kappa shape index (κ3) is 2.80. The standard InChI is InChI=1S/C13H16F3N/c1-8(9-5-6-9)12(17)10-3-2-4-11(7-10)13(14,15)16/h2-4,7-9,12H,5-6,17H2,1H3. The van der Waals surface area contributed by atoms with Gasteiger partial charge in [0.15, 0.2) is 0 Å². The van der Waals surface area contributed by atoms with Crippen molar-refractivity contribution in [3.05, 3.63) is 35.4 Å². The Morgan fingerprint density at radius 1 is 1.29 bits per heavy atom. The molecule has 2 unspecified atom stereocenters. The fraction of sp³-hybridized carbons (Fsp3) is 0.538. The first-order valence-corrected chi connectivity index (χ1v) is 5.82. The highest BCUT2D eigenvalue weighted by molar-refractivity contribution is 5.28. The number of alkyl halides is 3. The van der Waals surface area contributed by atoms with Crippen molar-refractivity contribution >= 4 is 0 Å². The van der Waals surface area contributed by atoms with E-state index in [9.17, 15) is 13.2 Å². The van der Waals surface area contributed by atoms with E-state index in [4.69, 9.17) is 5.73 Å². The molecule has 1 nitrogen and oxygen atoms in total. The van der Waals surface area contributed by atoms with Crippen molar-refractivity contribution in [1.82, 2.24) is 0 Å². The summed E-state index contributed by atoms with van der Waals surface area (Å²) in [6.07, 6.45) is -2.00. The maximum Gasteiger partial charge on any atom is 0.416 e. The molecule has 1 aromatic rings. The molecule has 0 heterocycles. The summed E-state index contributed by atoms with van der Waals surface area (Å²) in [6, 6.07) is 5.06. The smallest absolute Gasteiger partial charge is 0.324 e. The Morgan fingerprint density at radius 2 is 1.94 bits per heavy atom. The van der Waals surface area contributed by atoms with Gasteiger partial charge in [0.25, 0.3) is 0 Å². The lowest BCUT2D eigenvalue weighted by molar-refractivity contribution is -0.137. The van der Waals surface area contributed by atoms with Crippen LogP contribution in [-0.4, -0.2) is 0 Å². The minimum Gasteiger partial charge on any atom is -0.324 e. The molecule has 0 amide bonds. The van der Waals surface area contributed by atoms with Gasteiger partial charge in [0.05, 0.1) is 5.56 Å². The van der Waals surface area contributed by atoms with E-state index in [2.05, 4.69) is 0 Å². The van der Waals surface area contributed by atoms with Gasteiger partial charge >= 0.3 is 6.18 Å². The third-order valence-corrected chi connectivity index (χ3v) is 3.53. The van der Waals surface area contributed by atoms with Crippen molar-refractivity contribution in [1.29, 1.82) is 0 Å². The Balaban J connectivity index is 2.20. The van der Waals surface area contributed by atoms with Crippen LogP contribution in [0, 0.1) is 11.8 Å². The molecule has 0 aromatic heterocycles. The van der Waals surface area contributed by atoms with Crippen molar-refractivity contribution in [3.63, 3.8) is 0 Å². The molecule has 0 bridgehead atoms. The van der Waals surface area contributed by atoms with E-state index in [1.807, 2.05) is 6.92 Å². The maximum atomic E-state index is 12.6. The normalized spacial score (nSPS) is 20.1. The van der Waals surface area contributed by atoms with E-state index in [0.29, 0.717) is 11.5 Å². The first-order chi connectivity index (χ1) is 7.89. The van der Waals surface area contributed by atoms with Gasteiger partial charge in [-0.1, -0.05) is 19.1 Å². The molecule has 17 heavy (non-hydrogen) atoms. The largest absolute Gasteiger partial charge is 0.416 e. The molecule has 2 atom stereocenters. The number of hydrogen-bond acceptors (Lipinski definition) is 1. The summed E-state index contributed by atoms with van der Waals surface area (Å²) in [7, 11) is 0. The molecule has 4 heteroatoms. The van der Waals surface area contributed by atoms with Crippen LogP contribution in [0.4, 0.5) is 13.2 Å². The second-order valence-electron chi connectivity index (χ2n) is 4.85. The third-order valence-electron chi connectivity index (χ3n) is 3.53. The molecule has 1 aromatic carbocycles. The molecule has 0 aliphatic heterocycles. The second-order valence-corrected chi connectivity index (χ2v) is 4.85. The summed E-state index contributed by atoms with van der Waals surface area (Å²) in [4.78, 5) is 0. The van der Waals surface area contributed by atoms with Gasteiger partial charge in [-0.15, -0.1) is 0 Å². The Bertz CT molecular complexity index is 396. The second kappa shape index (κ2) is 4.33. The highest BCUT2D eigenvalue weighted by atomic mass is 19.4. The van der Waals surface area contributed by atoms with E-state index >= 15 is 0 Å². The quantitative estimate of drug-likeness (QED) is 0.859. The van der Waals surface area contributed by atoms with Gasteiger partial charge in [-0.2, -0.15) is 13.2 Å². The number of halogens is 3. The number of rotatable bonds is 3. The van der Waals surface area contributed by atoms with Gasteiger partial charge in [-0.05, 0) is 42.4 Å². The minimum absolute atomic E-state index is 0.249. The van der Waals surface area contributed by atoms with Crippen LogP contribution in [0.2, 0.25) is 0 Å². The molecule has 0 spiro atoms. The summed E-state index contributed by atoms with van der Waals surface area (Å²) >= 11 is 0. The zero-order chi connectivity index (χ0) is 12.6. The van der Waals surface area contributed by atoms with Gasteiger partial charge < -0.3 is 5.73 Å². The van der Waals surface area contributed by atoms with Crippen LogP contribution >= 0.6 is 0 Å². The van der Waals surface area contributed by atoms with Crippen molar-refractivity contribution in [3.8, 4) is 0 Å². The first-order valence-electron chi connectivity index (χ1n) is 5.82. The fourth-order valence-electron chi connectivity index (χ4n) is 2.14. The average Bonchev–Trinajstić information content (AvgIpc) is 3.10. The summed E-state index contributed by atoms with van der Waals surface area (Å²) in [6.45, 7) is 2.02. The fourth-order valence-corrected chi connectivity index (χ4v) is 2.14. The van der Waals surface area contributed by atoms with E-state index in [0.717, 1.165) is 18.9 Å². The predicted molar refractivity (Wildman–Crippen MR) is 60.3 cm³/mol. The Hall–Kier alpha value is -1.03. The van der Waals surface area contributed by atoms with E-state index < -0.39 is 11.7 Å². The van der Waals surface area contributed by atoms with Crippen LogP contribution in [0.5, 0.6) is 0 Å². The summed E-state index contributed by atoms with van der Waals surface area (Å²) < 4.78 is 37.7. The molecule has 1 saturated carbocycles. The van der Waals surface area contributed by atoms with Crippen LogP contribution in [-0.2, 0) is 6.18 Å². The first kappa shape index (κ1) is 12.4. The molecule has 1 aliphatic carbocycles. The van der Waals surface area contributed by atoms with Gasteiger partial charge in [0.2, 0.25) is 0 Å². The molecule has 1 aliphatic rings. The van der Waals surface area contributed by atoms with Gasteiger partial charge in [0.1, 0.15) is 0 Å². The van der Waals surface area contributed by atoms with Gasteiger partial charge in [-0.3, -0.25) is 0 Å². The maximum absolute atomic E-state index is 12.6. The highest BCUT2D eigenvalue weighted by Crippen LogP contribution is 2.42. The van der Waals surface area contributed by atoms with Crippen LogP contribution in [0.3, 0.4) is 0 Å². The topological polar surface area (TPSA) is 26.0 Å². The lowest BCUT2D eigenvalue weighted by atomic mass is 9.90. The molecule has 1 fully saturated rings. The summed E-state index contributed by atoms with van der Waals surface area (Å²) in [5.41, 5.74) is 5.99. The lowest BCUT2D eigenvalue weighted by Crippen LogP contribution is -2.21. The molecular formula is C13H16F3N. The van der Waals surface area contributed by atoms with E-state index in [1.165, 1.54) is 12.1 Å². The van der Waals surface area contributed by atoms with Crippen LogP contribution < -0.4 is 5.73 Å². The van der Waals surface area contributed by atoms with Crippen LogP contribution in [0.25, 0.3) is 0 Å². The summed E-state index contributed by atoms with van der Waals surface area (Å²) in [5, 5.41) is 0. The average molecular weight is 243 g/mol. The molecule has 2 rings (SSSR count). The van der Waals surface area contributed by atoms with Crippen LogP contribution in [0.15, 0.2) is 24.3 Å². The lowest BCUT2D eigenvalue weighted by Gasteiger charge is -2.20. The Labute approximate surface area is 98.8 Å². The Kier molecular flexibility index (Phi) is 3.17. The number of nitrogens with two attached hydrogens (primary N) is 1.